The van der Waals surface area contributed by atoms with E-state index in [1.807, 2.05) is 0 Å². The molecule has 0 radical (unpaired) electrons. The molecule has 17 heavy (non-hydrogen) atoms. The molecule has 1 heterocycles. The molecular formula is C15H24N2. The minimum Gasteiger partial charge on any atom is -0.384 e. The summed E-state index contributed by atoms with van der Waals surface area (Å²) < 4.78 is 0. The van der Waals surface area contributed by atoms with Gasteiger partial charge in [-0.05, 0) is 36.1 Å². The van der Waals surface area contributed by atoms with Crippen LogP contribution in [0.1, 0.15) is 31.9 Å². The number of rotatable bonds is 3. The SMILES string of the molecule is CN(Cc1ccc2c(c1)CCN2)CC(C)(C)C. The summed E-state index contributed by atoms with van der Waals surface area (Å²) in [5.41, 5.74) is 4.60. The van der Waals surface area contributed by atoms with Gasteiger partial charge in [0, 0.05) is 25.3 Å². The number of nitrogens with one attached hydrogen (secondary N) is 1. The van der Waals surface area contributed by atoms with Crippen LogP contribution in [0, 0.1) is 5.41 Å². The van der Waals surface area contributed by atoms with E-state index >= 15 is 0 Å². The van der Waals surface area contributed by atoms with Gasteiger partial charge < -0.3 is 10.2 Å². The minimum absolute atomic E-state index is 0.368. The fourth-order valence-electron chi connectivity index (χ4n) is 2.63. The summed E-state index contributed by atoms with van der Waals surface area (Å²) in [6.45, 7) is 10.1. The van der Waals surface area contributed by atoms with Crippen molar-refractivity contribution in [3.63, 3.8) is 0 Å². The smallest absolute Gasteiger partial charge is 0.0373 e. The van der Waals surface area contributed by atoms with E-state index in [0.717, 1.165) is 19.6 Å². The number of nitrogens with zero attached hydrogens (tertiary/aromatic N) is 1. The van der Waals surface area contributed by atoms with E-state index in [4.69, 9.17) is 0 Å². The highest BCUT2D eigenvalue weighted by Gasteiger charge is 2.15. The molecule has 1 aliphatic rings. The molecule has 0 aromatic heterocycles. The summed E-state index contributed by atoms with van der Waals surface area (Å²) in [5.74, 6) is 0. The van der Waals surface area contributed by atoms with E-state index in [1.54, 1.807) is 0 Å². The Hall–Kier alpha value is -1.02. The van der Waals surface area contributed by atoms with E-state index in [1.165, 1.54) is 23.2 Å². The average molecular weight is 232 g/mol. The molecule has 94 valence electrons. The number of anilines is 1. The average Bonchev–Trinajstić information content (AvgIpc) is 2.61. The van der Waals surface area contributed by atoms with Crippen molar-refractivity contribution in [2.45, 2.75) is 33.7 Å². The first-order valence-corrected chi connectivity index (χ1v) is 6.48. The van der Waals surface area contributed by atoms with Gasteiger partial charge in [0.1, 0.15) is 0 Å². The summed E-state index contributed by atoms with van der Waals surface area (Å²) in [6, 6.07) is 6.83. The molecule has 0 bridgehead atoms. The van der Waals surface area contributed by atoms with Crippen molar-refractivity contribution in [3.8, 4) is 0 Å². The lowest BCUT2D eigenvalue weighted by Gasteiger charge is -2.26. The normalized spacial score (nSPS) is 14.9. The van der Waals surface area contributed by atoms with Crippen molar-refractivity contribution in [2.24, 2.45) is 5.41 Å². The molecule has 2 heteroatoms. The monoisotopic (exact) mass is 232 g/mol. The highest BCUT2D eigenvalue weighted by atomic mass is 15.1. The molecule has 2 nitrogen and oxygen atoms in total. The van der Waals surface area contributed by atoms with Crippen molar-refractivity contribution in [1.29, 1.82) is 0 Å². The van der Waals surface area contributed by atoms with Gasteiger partial charge in [0.15, 0.2) is 0 Å². The van der Waals surface area contributed by atoms with Crippen LogP contribution in [0.3, 0.4) is 0 Å². The summed E-state index contributed by atoms with van der Waals surface area (Å²) in [5, 5.41) is 3.41. The zero-order chi connectivity index (χ0) is 12.5. The Bertz CT molecular complexity index is 390. The predicted molar refractivity (Wildman–Crippen MR) is 74.4 cm³/mol. The van der Waals surface area contributed by atoms with Gasteiger partial charge in [-0.25, -0.2) is 0 Å². The maximum atomic E-state index is 3.41. The molecule has 1 aromatic rings. The van der Waals surface area contributed by atoms with Gasteiger partial charge in [0.05, 0.1) is 0 Å². The molecule has 2 rings (SSSR count). The summed E-state index contributed by atoms with van der Waals surface area (Å²) >= 11 is 0. The molecule has 0 fully saturated rings. The third-order valence-corrected chi connectivity index (χ3v) is 3.08. The van der Waals surface area contributed by atoms with Gasteiger partial charge in [-0.2, -0.15) is 0 Å². The molecule has 0 atom stereocenters. The number of hydrogen-bond acceptors (Lipinski definition) is 2. The molecular weight excluding hydrogens is 208 g/mol. The summed E-state index contributed by atoms with van der Waals surface area (Å²) in [6.07, 6.45) is 1.17. The van der Waals surface area contributed by atoms with Crippen LogP contribution in [0.25, 0.3) is 0 Å². The Balaban J connectivity index is 1.99. The lowest BCUT2D eigenvalue weighted by molar-refractivity contribution is 0.221. The molecule has 0 saturated carbocycles. The second-order valence-corrected chi connectivity index (χ2v) is 6.40. The predicted octanol–water partition coefficient (Wildman–Crippen LogP) is 3.13. The highest BCUT2D eigenvalue weighted by Crippen LogP contribution is 2.24. The number of hydrogen-bond donors (Lipinski definition) is 1. The van der Waals surface area contributed by atoms with Gasteiger partial charge in [-0.1, -0.05) is 32.9 Å². The first-order chi connectivity index (χ1) is 7.94. The van der Waals surface area contributed by atoms with Crippen molar-refractivity contribution in [1.82, 2.24) is 4.90 Å². The van der Waals surface area contributed by atoms with Gasteiger partial charge in [-0.3, -0.25) is 0 Å². The molecule has 1 aromatic carbocycles. The van der Waals surface area contributed by atoms with E-state index in [9.17, 15) is 0 Å². The second kappa shape index (κ2) is 4.69. The molecule has 0 unspecified atom stereocenters. The van der Waals surface area contributed by atoms with Crippen LogP contribution < -0.4 is 5.32 Å². The second-order valence-electron chi connectivity index (χ2n) is 6.40. The highest BCUT2D eigenvalue weighted by molar-refractivity contribution is 5.56. The molecule has 0 aliphatic carbocycles. The summed E-state index contributed by atoms with van der Waals surface area (Å²) in [4.78, 5) is 2.41. The molecule has 0 saturated heterocycles. The summed E-state index contributed by atoms with van der Waals surface area (Å²) in [7, 11) is 2.21. The first kappa shape index (κ1) is 12.4. The van der Waals surface area contributed by atoms with Gasteiger partial charge in [0.25, 0.3) is 0 Å². The fraction of sp³-hybridized carbons (Fsp3) is 0.600. The van der Waals surface area contributed by atoms with Gasteiger partial charge in [-0.15, -0.1) is 0 Å². The minimum atomic E-state index is 0.368. The third-order valence-electron chi connectivity index (χ3n) is 3.08. The molecule has 0 amide bonds. The lowest BCUT2D eigenvalue weighted by atomic mass is 9.96. The third kappa shape index (κ3) is 3.47. The quantitative estimate of drug-likeness (QED) is 0.861. The Kier molecular flexibility index (Phi) is 3.43. The van der Waals surface area contributed by atoms with E-state index < -0.39 is 0 Å². The largest absolute Gasteiger partial charge is 0.384 e. The van der Waals surface area contributed by atoms with Crippen LogP contribution >= 0.6 is 0 Å². The maximum absolute atomic E-state index is 3.41. The van der Waals surface area contributed by atoms with E-state index in [2.05, 4.69) is 56.2 Å². The Morgan fingerprint density at radius 2 is 2.06 bits per heavy atom. The van der Waals surface area contributed by atoms with E-state index in [-0.39, 0.29) is 0 Å². The fourth-order valence-corrected chi connectivity index (χ4v) is 2.63. The van der Waals surface area contributed by atoms with E-state index in [0.29, 0.717) is 5.41 Å². The molecule has 0 spiro atoms. The van der Waals surface area contributed by atoms with Crippen molar-refractivity contribution in [3.05, 3.63) is 29.3 Å². The first-order valence-electron chi connectivity index (χ1n) is 6.48. The standard InChI is InChI=1S/C15H24N2/c1-15(2,3)11-17(4)10-12-5-6-14-13(9-12)7-8-16-14/h5-6,9,16H,7-8,10-11H2,1-4H3. The van der Waals surface area contributed by atoms with Crippen molar-refractivity contribution >= 4 is 5.69 Å². The van der Waals surface area contributed by atoms with Crippen LogP contribution in [0.5, 0.6) is 0 Å². The van der Waals surface area contributed by atoms with Gasteiger partial charge >= 0.3 is 0 Å². The van der Waals surface area contributed by atoms with Crippen LogP contribution in [0.15, 0.2) is 18.2 Å². The Labute approximate surface area is 105 Å². The lowest BCUT2D eigenvalue weighted by Crippen LogP contribution is -2.28. The zero-order valence-electron chi connectivity index (χ0n) is 11.5. The van der Waals surface area contributed by atoms with Crippen LogP contribution in [-0.2, 0) is 13.0 Å². The number of benzene rings is 1. The number of fused-ring (bicyclic) bond motifs is 1. The maximum Gasteiger partial charge on any atom is 0.0373 e. The van der Waals surface area contributed by atoms with Crippen LogP contribution in [0.4, 0.5) is 5.69 Å². The van der Waals surface area contributed by atoms with Crippen LogP contribution in [-0.4, -0.2) is 25.0 Å². The molecule has 1 aliphatic heterocycles. The Morgan fingerprint density at radius 1 is 1.29 bits per heavy atom. The van der Waals surface area contributed by atoms with Gasteiger partial charge in [0.2, 0.25) is 0 Å². The molecule has 1 N–H and O–H groups in total. The zero-order valence-corrected chi connectivity index (χ0v) is 11.5. The van der Waals surface area contributed by atoms with Crippen molar-refractivity contribution in [2.75, 3.05) is 25.5 Å². The Morgan fingerprint density at radius 3 is 2.76 bits per heavy atom. The van der Waals surface area contributed by atoms with Crippen LogP contribution in [0.2, 0.25) is 0 Å². The van der Waals surface area contributed by atoms with Crippen molar-refractivity contribution < 1.29 is 0 Å². The topological polar surface area (TPSA) is 15.3 Å².